The highest BCUT2D eigenvalue weighted by Gasteiger charge is 2.38. The molecule has 0 heterocycles. The first-order valence-corrected chi connectivity index (χ1v) is 8.92. The zero-order valence-electron chi connectivity index (χ0n) is 14.6. The van der Waals surface area contributed by atoms with Crippen LogP contribution in [0.5, 0.6) is 0 Å². The van der Waals surface area contributed by atoms with Gasteiger partial charge in [0.2, 0.25) is 5.91 Å². The van der Waals surface area contributed by atoms with Gasteiger partial charge in [0.1, 0.15) is 0 Å². The maximum Gasteiger partial charge on any atom is 0.268 e. The van der Waals surface area contributed by atoms with Crippen LogP contribution in [0.4, 0.5) is 0 Å². The molecular weight excluding hydrogens is 342 g/mol. The van der Waals surface area contributed by atoms with E-state index in [-0.39, 0.29) is 12.0 Å². The van der Waals surface area contributed by atoms with Gasteiger partial charge in [0.05, 0.1) is 12.1 Å². The minimum Gasteiger partial charge on any atom is -0.381 e. The number of aliphatic hydroxyl groups excluding tert-OH is 1. The van der Waals surface area contributed by atoms with E-state index in [1.807, 2.05) is 44.2 Å². The van der Waals surface area contributed by atoms with Crippen LogP contribution in [0.25, 0.3) is 0 Å². The standard InChI is InChI=1S/C18H26ClN3O3/c1-11(2)15(20)17(24)21-14(10-12-6-4-3-5-7-12)16(23)18(25)22(19)13-8-9-13/h3-7,11,13-16,23H,8-10,20H2,1-2H3,(H,21,24)/t14?,15-,16?/m0/s1. The molecule has 7 heteroatoms. The first-order chi connectivity index (χ1) is 11.8. The van der Waals surface area contributed by atoms with E-state index < -0.39 is 30.0 Å². The van der Waals surface area contributed by atoms with Crippen molar-refractivity contribution in [3.8, 4) is 0 Å². The molecule has 6 nitrogen and oxygen atoms in total. The molecule has 0 aliphatic heterocycles. The third kappa shape index (κ3) is 5.42. The Balaban J connectivity index is 2.12. The summed E-state index contributed by atoms with van der Waals surface area (Å²) >= 11 is 6.01. The minimum atomic E-state index is -1.43. The lowest BCUT2D eigenvalue weighted by Crippen LogP contribution is -2.55. The molecule has 0 spiro atoms. The monoisotopic (exact) mass is 367 g/mol. The number of benzene rings is 1. The Morgan fingerprint density at radius 1 is 1.32 bits per heavy atom. The topological polar surface area (TPSA) is 95.7 Å². The van der Waals surface area contributed by atoms with E-state index in [1.165, 1.54) is 0 Å². The van der Waals surface area contributed by atoms with E-state index in [1.54, 1.807) is 0 Å². The number of amides is 2. The average Bonchev–Trinajstić information content (AvgIpc) is 3.44. The average molecular weight is 368 g/mol. The van der Waals surface area contributed by atoms with E-state index in [0.717, 1.165) is 22.8 Å². The van der Waals surface area contributed by atoms with Crippen molar-refractivity contribution >= 4 is 23.6 Å². The van der Waals surface area contributed by atoms with Crippen molar-refractivity contribution in [3.05, 3.63) is 35.9 Å². The van der Waals surface area contributed by atoms with Crippen LogP contribution in [-0.4, -0.2) is 45.6 Å². The molecule has 0 aromatic heterocycles. The first-order valence-electron chi connectivity index (χ1n) is 8.58. The molecule has 1 fully saturated rings. The molecule has 2 unspecified atom stereocenters. The number of hydrogen-bond acceptors (Lipinski definition) is 4. The summed E-state index contributed by atoms with van der Waals surface area (Å²) < 4.78 is 1.05. The van der Waals surface area contributed by atoms with Crippen molar-refractivity contribution in [2.24, 2.45) is 11.7 Å². The molecule has 2 rings (SSSR count). The molecule has 0 radical (unpaired) electrons. The van der Waals surface area contributed by atoms with Gasteiger partial charge in [-0.1, -0.05) is 44.2 Å². The third-order valence-electron chi connectivity index (χ3n) is 4.36. The molecule has 1 aliphatic carbocycles. The fourth-order valence-electron chi connectivity index (χ4n) is 2.47. The molecule has 1 aromatic carbocycles. The number of nitrogens with one attached hydrogen (secondary N) is 1. The highest BCUT2D eigenvalue weighted by molar-refractivity contribution is 6.22. The van der Waals surface area contributed by atoms with Gasteiger partial charge in [-0.15, -0.1) is 0 Å². The Morgan fingerprint density at radius 2 is 1.92 bits per heavy atom. The lowest BCUT2D eigenvalue weighted by Gasteiger charge is -2.27. The second-order valence-electron chi connectivity index (χ2n) is 6.90. The van der Waals surface area contributed by atoms with Gasteiger partial charge in [0, 0.05) is 17.8 Å². The van der Waals surface area contributed by atoms with Gasteiger partial charge in [-0.3, -0.25) is 9.59 Å². The molecule has 1 aromatic rings. The summed E-state index contributed by atoms with van der Waals surface area (Å²) in [5.41, 5.74) is 6.77. The van der Waals surface area contributed by atoms with Crippen molar-refractivity contribution in [2.75, 3.05) is 0 Å². The summed E-state index contributed by atoms with van der Waals surface area (Å²) in [6.45, 7) is 3.68. The molecule has 138 valence electrons. The number of aliphatic hydroxyl groups is 1. The largest absolute Gasteiger partial charge is 0.381 e. The predicted molar refractivity (Wildman–Crippen MR) is 96.6 cm³/mol. The van der Waals surface area contributed by atoms with E-state index in [0.29, 0.717) is 6.42 Å². The molecular formula is C18H26ClN3O3. The number of carbonyl (C=O) groups is 2. The summed E-state index contributed by atoms with van der Waals surface area (Å²) in [5, 5.41) is 13.2. The predicted octanol–water partition coefficient (Wildman–Crippen LogP) is 1.20. The lowest BCUT2D eigenvalue weighted by atomic mass is 9.98. The van der Waals surface area contributed by atoms with E-state index in [2.05, 4.69) is 5.32 Å². The minimum absolute atomic E-state index is 0.0326. The van der Waals surface area contributed by atoms with Gasteiger partial charge in [-0.25, -0.2) is 4.42 Å². The Labute approximate surface area is 153 Å². The molecule has 0 bridgehead atoms. The van der Waals surface area contributed by atoms with Crippen LogP contribution in [0.2, 0.25) is 0 Å². The molecule has 1 aliphatic rings. The molecule has 0 saturated heterocycles. The molecule has 2 amide bonds. The molecule has 4 N–H and O–H groups in total. The summed E-state index contributed by atoms with van der Waals surface area (Å²) in [6, 6.07) is 7.80. The van der Waals surface area contributed by atoms with Gasteiger partial charge in [0.15, 0.2) is 6.10 Å². The van der Waals surface area contributed by atoms with Crippen molar-refractivity contribution in [2.45, 2.75) is 57.3 Å². The normalized spacial score (nSPS) is 17.7. The molecule has 25 heavy (non-hydrogen) atoms. The van der Waals surface area contributed by atoms with Crippen LogP contribution in [-0.2, 0) is 16.0 Å². The highest BCUT2D eigenvalue weighted by Crippen LogP contribution is 2.29. The Kier molecular flexibility index (Phi) is 6.81. The molecule has 3 atom stereocenters. The lowest BCUT2D eigenvalue weighted by molar-refractivity contribution is -0.138. The number of hydrogen-bond donors (Lipinski definition) is 3. The second kappa shape index (κ2) is 8.65. The zero-order valence-corrected chi connectivity index (χ0v) is 15.3. The number of nitrogens with zero attached hydrogens (tertiary/aromatic N) is 1. The number of halogens is 1. The Hall–Kier alpha value is -1.63. The first kappa shape index (κ1) is 19.7. The van der Waals surface area contributed by atoms with Gasteiger partial charge in [-0.2, -0.15) is 0 Å². The fourth-order valence-corrected chi connectivity index (χ4v) is 2.77. The Morgan fingerprint density at radius 3 is 2.44 bits per heavy atom. The molecule has 1 saturated carbocycles. The fraction of sp³-hybridized carbons (Fsp3) is 0.556. The van der Waals surface area contributed by atoms with E-state index >= 15 is 0 Å². The highest BCUT2D eigenvalue weighted by atomic mass is 35.5. The van der Waals surface area contributed by atoms with E-state index in [9.17, 15) is 14.7 Å². The summed E-state index contributed by atoms with van der Waals surface area (Å²) in [6.07, 6.45) is 0.535. The Bertz CT molecular complexity index is 592. The number of rotatable bonds is 8. The van der Waals surface area contributed by atoms with Crippen LogP contribution in [0.15, 0.2) is 30.3 Å². The number of nitrogens with two attached hydrogens (primary N) is 1. The van der Waals surface area contributed by atoms with Crippen molar-refractivity contribution in [1.82, 2.24) is 9.74 Å². The number of carbonyl (C=O) groups excluding carboxylic acids is 2. The zero-order chi connectivity index (χ0) is 18.6. The van der Waals surface area contributed by atoms with Gasteiger partial charge >= 0.3 is 0 Å². The van der Waals surface area contributed by atoms with Gasteiger partial charge < -0.3 is 16.2 Å². The smallest absolute Gasteiger partial charge is 0.268 e. The summed E-state index contributed by atoms with van der Waals surface area (Å²) in [4.78, 5) is 24.7. The van der Waals surface area contributed by atoms with Gasteiger partial charge in [-0.05, 0) is 30.7 Å². The van der Waals surface area contributed by atoms with Crippen LogP contribution in [0, 0.1) is 5.92 Å². The SMILES string of the molecule is CC(C)[C@H](N)C(=O)NC(Cc1ccccc1)C(O)C(=O)N(Cl)C1CC1. The maximum atomic E-state index is 12.4. The maximum absolute atomic E-state index is 12.4. The van der Waals surface area contributed by atoms with Crippen LogP contribution >= 0.6 is 11.8 Å². The van der Waals surface area contributed by atoms with Crippen LogP contribution in [0.1, 0.15) is 32.3 Å². The quantitative estimate of drug-likeness (QED) is 0.602. The second-order valence-corrected chi connectivity index (χ2v) is 7.26. The van der Waals surface area contributed by atoms with Crippen molar-refractivity contribution in [1.29, 1.82) is 0 Å². The summed E-state index contributed by atoms with van der Waals surface area (Å²) in [5.74, 6) is -1.04. The van der Waals surface area contributed by atoms with Crippen molar-refractivity contribution in [3.63, 3.8) is 0 Å². The van der Waals surface area contributed by atoms with Crippen molar-refractivity contribution < 1.29 is 14.7 Å². The van der Waals surface area contributed by atoms with Crippen LogP contribution in [0.3, 0.4) is 0 Å². The summed E-state index contributed by atoms with van der Waals surface area (Å²) in [7, 11) is 0. The van der Waals surface area contributed by atoms with E-state index in [4.69, 9.17) is 17.5 Å². The van der Waals surface area contributed by atoms with Gasteiger partial charge in [0.25, 0.3) is 5.91 Å². The van der Waals surface area contributed by atoms with Crippen LogP contribution < -0.4 is 11.1 Å². The third-order valence-corrected chi connectivity index (χ3v) is 4.80.